The summed E-state index contributed by atoms with van der Waals surface area (Å²) >= 11 is 1.55. The smallest absolute Gasteiger partial charge is 0.224 e. The van der Waals surface area contributed by atoms with Crippen molar-refractivity contribution >= 4 is 11.8 Å². The standard InChI is InChI=1S/C18H15NO2S/c1-22-18-13-16(20-14-8-4-2-5-9-14)12-17(19-18)21-15-10-6-3-7-11-15/h2-13H,1H3. The van der Waals surface area contributed by atoms with Crippen LogP contribution in [0.5, 0.6) is 23.1 Å². The van der Waals surface area contributed by atoms with Crippen LogP contribution in [-0.2, 0) is 0 Å². The maximum Gasteiger partial charge on any atom is 0.224 e. The van der Waals surface area contributed by atoms with E-state index in [2.05, 4.69) is 4.98 Å². The van der Waals surface area contributed by atoms with E-state index in [1.165, 1.54) is 0 Å². The lowest BCUT2D eigenvalue weighted by Gasteiger charge is -2.10. The first-order chi connectivity index (χ1) is 10.8. The molecule has 110 valence electrons. The second kappa shape index (κ2) is 7.00. The molecule has 3 aromatic rings. The van der Waals surface area contributed by atoms with E-state index >= 15 is 0 Å². The Bertz CT molecular complexity index is 673. The number of thioether (sulfide) groups is 1. The second-order valence-electron chi connectivity index (χ2n) is 4.51. The first-order valence-corrected chi connectivity index (χ1v) is 8.08. The molecule has 3 nitrogen and oxygen atoms in total. The van der Waals surface area contributed by atoms with Crippen LogP contribution in [0.2, 0.25) is 0 Å². The number of aromatic nitrogens is 1. The van der Waals surface area contributed by atoms with Crippen LogP contribution in [0.25, 0.3) is 0 Å². The van der Waals surface area contributed by atoms with Crippen LogP contribution in [0, 0.1) is 0 Å². The van der Waals surface area contributed by atoms with Crippen molar-refractivity contribution in [2.45, 2.75) is 5.03 Å². The molecule has 0 N–H and O–H groups in total. The van der Waals surface area contributed by atoms with Gasteiger partial charge in [0.2, 0.25) is 5.88 Å². The highest BCUT2D eigenvalue weighted by molar-refractivity contribution is 7.98. The van der Waals surface area contributed by atoms with Crippen molar-refractivity contribution in [3.63, 3.8) is 0 Å². The quantitative estimate of drug-likeness (QED) is 0.591. The SMILES string of the molecule is CSc1cc(Oc2ccccc2)cc(Oc2ccccc2)n1. The van der Waals surface area contributed by atoms with Crippen LogP contribution in [0.3, 0.4) is 0 Å². The largest absolute Gasteiger partial charge is 0.457 e. The van der Waals surface area contributed by atoms with Crippen molar-refractivity contribution in [3.05, 3.63) is 72.8 Å². The Hall–Kier alpha value is -2.46. The number of hydrogen-bond acceptors (Lipinski definition) is 4. The fourth-order valence-corrected chi connectivity index (χ4v) is 2.32. The molecule has 0 amide bonds. The van der Waals surface area contributed by atoms with Crippen molar-refractivity contribution in [1.29, 1.82) is 0 Å². The lowest BCUT2D eigenvalue weighted by Crippen LogP contribution is -1.92. The van der Waals surface area contributed by atoms with E-state index in [0.717, 1.165) is 16.5 Å². The fraction of sp³-hybridized carbons (Fsp3) is 0.0556. The molecule has 0 saturated carbocycles. The van der Waals surface area contributed by atoms with E-state index in [0.29, 0.717) is 11.6 Å². The monoisotopic (exact) mass is 309 g/mol. The molecule has 0 saturated heterocycles. The summed E-state index contributed by atoms with van der Waals surface area (Å²) in [5.41, 5.74) is 0. The molecule has 3 rings (SSSR count). The molecule has 0 atom stereocenters. The summed E-state index contributed by atoms with van der Waals surface area (Å²) in [5.74, 6) is 2.76. The van der Waals surface area contributed by atoms with Crippen LogP contribution in [-0.4, -0.2) is 11.2 Å². The maximum absolute atomic E-state index is 5.87. The maximum atomic E-state index is 5.87. The third-order valence-corrected chi connectivity index (χ3v) is 3.53. The third kappa shape index (κ3) is 3.80. The predicted molar refractivity (Wildman–Crippen MR) is 89.1 cm³/mol. The molecule has 1 heterocycles. The Morgan fingerprint density at radius 2 is 1.32 bits per heavy atom. The highest BCUT2D eigenvalue weighted by Crippen LogP contribution is 2.30. The van der Waals surface area contributed by atoms with Gasteiger partial charge in [-0.05, 0) is 30.5 Å². The van der Waals surface area contributed by atoms with Crippen molar-refractivity contribution in [3.8, 4) is 23.1 Å². The van der Waals surface area contributed by atoms with Crippen molar-refractivity contribution < 1.29 is 9.47 Å². The molecule has 4 heteroatoms. The van der Waals surface area contributed by atoms with Crippen LogP contribution < -0.4 is 9.47 Å². The molecular weight excluding hydrogens is 294 g/mol. The minimum Gasteiger partial charge on any atom is -0.457 e. The molecule has 0 fully saturated rings. The topological polar surface area (TPSA) is 31.4 Å². The Kier molecular flexibility index (Phi) is 4.61. The van der Waals surface area contributed by atoms with Gasteiger partial charge in [-0.2, -0.15) is 0 Å². The summed E-state index contributed by atoms with van der Waals surface area (Å²) < 4.78 is 11.7. The summed E-state index contributed by atoms with van der Waals surface area (Å²) in [6.45, 7) is 0. The molecule has 0 aliphatic heterocycles. The fourth-order valence-electron chi connectivity index (χ4n) is 1.91. The summed E-state index contributed by atoms with van der Waals surface area (Å²) in [6.07, 6.45) is 1.97. The Labute approximate surface area is 133 Å². The number of hydrogen-bond donors (Lipinski definition) is 0. The third-order valence-electron chi connectivity index (χ3n) is 2.91. The molecular formula is C18H15NO2S. The Morgan fingerprint density at radius 3 is 1.91 bits per heavy atom. The number of para-hydroxylation sites is 2. The molecule has 0 radical (unpaired) electrons. The van der Waals surface area contributed by atoms with E-state index in [1.807, 2.05) is 73.0 Å². The molecule has 2 aromatic carbocycles. The molecule has 22 heavy (non-hydrogen) atoms. The van der Waals surface area contributed by atoms with Gasteiger partial charge in [0.05, 0.1) is 0 Å². The predicted octanol–water partition coefficient (Wildman–Crippen LogP) is 5.39. The van der Waals surface area contributed by atoms with Crippen molar-refractivity contribution in [1.82, 2.24) is 4.98 Å². The summed E-state index contributed by atoms with van der Waals surface area (Å²) in [5, 5.41) is 0.847. The highest BCUT2D eigenvalue weighted by Gasteiger charge is 2.06. The van der Waals surface area contributed by atoms with E-state index in [-0.39, 0.29) is 0 Å². The van der Waals surface area contributed by atoms with Gasteiger partial charge in [-0.15, -0.1) is 11.8 Å². The number of pyridine rings is 1. The molecule has 0 spiro atoms. The van der Waals surface area contributed by atoms with Gasteiger partial charge >= 0.3 is 0 Å². The summed E-state index contributed by atoms with van der Waals surface area (Å²) in [7, 11) is 0. The number of ether oxygens (including phenoxy) is 2. The zero-order chi connectivity index (χ0) is 15.2. The summed E-state index contributed by atoms with van der Waals surface area (Å²) in [6, 6.07) is 22.9. The van der Waals surface area contributed by atoms with Crippen molar-refractivity contribution in [2.75, 3.05) is 6.26 Å². The van der Waals surface area contributed by atoms with E-state index in [1.54, 1.807) is 17.8 Å². The average Bonchev–Trinajstić information content (AvgIpc) is 2.56. The van der Waals surface area contributed by atoms with Gasteiger partial charge in [-0.25, -0.2) is 4.98 Å². The molecule has 0 aliphatic carbocycles. The number of rotatable bonds is 5. The normalized spacial score (nSPS) is 10.2. The lowest BCUT2D eigenvalue weighted by molar-refractivity contribution is 0.441. The minimum absolute atomic E-state index is 0.518. The molecule has 0 bridgehead atoms. The first kappa shape index (κ1) is 14.5. The van der Waals surface area contributed by atoms with E-state index in [9.17, 15) is 0 Å². The van der Waals surface area contributed by atoms with Gasteiger partial charge in [0.15, 0.2) is 0 Å². The van der Waals surface area contributed by atoms with E-state index < -0.39 is 0 Å². The van der Waals surface area contributed by atoms with Crippen LogP contribution in [0.1, 0.15) is 0 Å². The number of nitrogens with zero attached hydrogens (tertiary/aromatic N) is 1. The van der Waals surface area contributed by atoms with Gasteiger partial charge in [0, 0.05) is 12.1 Å². The van der Waals surface area contributed by atoms with Gasteiger partial charge in [0.1, 0.15) is 22.3 Å². The first-order valence-electron chi connectivity index (χ1n) is 6.85. The van der Waals surface area contributed by atoms with Crippen molar-refractivity contribution in [2.24, 2.45) is 0 Å². The van der Waals surface area contributed by atoms with Crippen LogP contribution in [0.15, 0.2) is 77.8 Å². The number of benzene rings is 2. The van der Waals surface area contributed by atoms with Crippen LogP contribution >= 0.6 is 11.8 Å². The molecule has 0 unspecified atom stereocenters. The highest BCUT2D eigenvalue weighted by atomic mass is 32.2. The molecule has 0 aliphatic rings. The van der Waals surface area contributed by atoms with Gasteiger partial charge in [-0.3, -0.25) is 0 Å². The zero-order valence-electron chi connectivity index (χ0n) is 12.1. The Balaban J connectivity index is 1.86. The van der Waals surface area contributed by atoms with Gasteiger partial charge in [0.25, 0.3) is 0 Å². The molecule has 1 aromatic heterocycles. The van der Waals surface area contributed by atoms with Gasteiger partial charge in [-0.1, -0.05) is 36.4 Å². The Morgan fingerprint density at radius 1 is 0.727 bits per heavy atom. The van der Waals surface area contributed by atoms with Gasteiger partial charge < -0.3 is 9.47 Å². The minimum atomic E-state index is 0.518. The average molecular weight is 309 g/mol. The van der Waals surface area contributed by atoms with E-state index in [4.69, 9.17) is 9.47 Å². The summed E-state index contributed by atoms with van der Waals surface area (Å²) in [4.78, 5) is 4.45. The zero-order valence-corrected chi connectivity index (χ0v) is 12.9. The van der Waals surface area contributed by atoms with Crippen LogP contribution in [0.4, 0.5) is 0 Å². The second-order valence-corrected chi connectivity index (χ2v) is 5.34. The lowest BCUT2D eigenvalue weighted by atomic mass is 10.3.